The predicted octanol–water partition coefficient (Wildman–Crippen LogP) is 3.75. The topological polar surface area (TPSA) is 43.4 Å². The third-order valence-corrected chi connectivity index (χ3v) is 3.84. The maximum atomic E-state index is 13.4. The lowest BCUT2D eigenvalue weighted by molar-refractivity contribution is -0.140. The summed E-state index contributed by atoms with van der Waals surface area (Å²) in [5.41, 5.74) is -1.69. The van der Waals surface area contributed by atoms with Crippen LogP contribution in [0.25, 0.3) is 0 Å². The Morgan fingerprint density at radius 1 is 0.909 bits per heavy atom. The van der Waals surface area contributed by atoms with Crippen LogP contribution >= 0.6 is 0 Å². The Kier molecular flexibility index (Phi) is 4.10. The van der Waals surface area contributed by atoms with Gasteiger partial charge >= 0.3 is 16.3 Å². The average molecular weight is 338 g/mol. The molecule has 0 saturated carbocycles. The van der Waals surface area contributed by atoms with E-state index in [2.05, 4.69) is 4.18 Å². The van der Waals surface area contributed by atoms with Gasteiger partial charge in [-0.25, -0.2) is 8.78 Å². The minimum absolute atomic E-state index is 0.188. The fourth-order valence-corrected chi connectivity index (χ4v) is 2.59. The van der Waals surface area contributed by atoms with Gasteiger partial charge in [0.2, 0.25) is 0 Å². The van der Waals surface area contributed by atoms with Crippen LogP contribution in [-0.2, 0) is 16.3 Å². The summed E-state index contributed by atoms with van der Waals surface area (Å²) >= 11 is 0. The molecule has 0 aliphatic carbocycles. The first kappa shape index (κ1) is 16.2. The second kappa shape index (κ2) is 5.56. The van der Waals surface area contributed by atoms with E-state index in [0.717, 1.165) is 12.1 Å². The molecule has 0 unspecified atom stereocenters. The van der Waals surface area contributed by atoms with Crippen LogP contribution in [0.2, 0.25) is 0 Å². The van der Waals surface area contributed by atoms with Gasteiger partial charge in [-0.2, -0.15) is 21.6 Å². The summed E-state index contributed by atoms with van der Waals surface area (Å²) < 4.78 is 92.2. The van der Waals surface area contributed by atoms with Gasteiger partial charge in [-0.1, -0.05) is 12.1 Å². The number of hydrogen-bond acceptors (Lipinski definition) is 3. The van der Waals surface area contributed by atoms with E-state index in [9.17, 15) is 30.4 Å². The Morgan fingerprint density at radius 2 is 1.55 bits per heavy atom. The molecule has 0 amide bonds. The largest absolute Gasteiger partial charge is 0.419 e. The lowest BCUT2D eigenvalue weighted by atomic mass is 10.2. The lowest BCUT2D eigenvalue weighted by Gasteiger charge is -2.11. The first-order valence-corrected chi connectivity index (χ1v) is 7.08. The molecule has 0 aromatic heterocycles. The summed E-state index contributed by atoms with van der Waals surface area (Å²) in [5, 5.41) is 0. The van der Waals surface area contributed by atoms with E-state index >= 15 is 0 Å². The van der Waals surface area contributed by atoms with E-state index in [1.165, 1.54) is 12.1 Å². The van der Waals surface area contributed by atoms with Gasteiger partial charge in [0.1, 0.15) is 22.3 Å². The van der Waals surface area contributed by atoms with Crippen molar-refractivity contribution >= 4 is 10.1 Å². The van der Waals surface area contributed by atoms with Crippen LogP contribution in [0.4, 0.5) is 22.0 Å². The molecule has 0 aliphatic heterocycles. The fourth-order valence-electron chi connectivity index (χ4n) is 1.59. The van der Waals surface area contributed by atoms with Crippen LogP contribution < -0.4 is 4.18 Å². The summed E-state index contributed by atoms with van der Waals surface area (Å²) in [6.07, 6.45) is -5.02. The van der Waals surface area contributed by atoms with Crippen molar-refractivity contribution in [3.8, 4) is 5.75 Å². The Morgan fingerprint density at radius 3 is 2.14 bits per heavy atom. The number of rotatable bonds is 3. The minimum atomic E-state index is -5.02. The van der Waals surface area contributed by atoms with E-state index in [4.69, 9.17) is 0 Å². The van der Waals surface area contributed by atoms with Gasteiger partial charge in [-0.3, -0.25) is 0 Å². The average Bonchev–Trinajstić information content (AvgIpc) is 2.39. The molecule has 0 aliphatic rings. The van der Waals surface area contributed by atoms with Gasteiger partial charge in [-0.15, -0.1) is 0 Å². The van der Waals surface area contributed by atoms with Crippen molar-refractivity contribution < 1.29 is 34.6 Å². The molecule has 2 aromatic rings. The standard InChI is InChI=1S/C13H7F5O3S/c14-10-6-5-8(7-9(10)13(16,17)18)21-22(19,20)12-4-2-1-3-11(12)15/h1-7H. The summed E-state index contributed by atoms with van der Waals surface area (Å²) in [5.74, 6) is -3.49. The molecule has 0 radical (unpaired) electrons. The Labute approximate surface area is 122 Å². The smallest absolute Gasteiger partial charge is 0.379 e. The van der Waals surface area contributed by atoms with Crippen molar-refractivity contribution in [1.82, 2.24) is 0 Å². The Bertz CT molecular complexity index is 800. The molecular formula is C13H7F5O3S. The highest BCUT2D eigenvalue weighted by Gasteiger charge is 2.35. The third-order valence-electron chi connectivity index (χ3n) is 2.56. The normalized spacial score (nSPS) is 12.2. The molecule has 0 fully saturated rings. The van der Waals surface area contributed by atoms with Crippen LogP contribution in [0.1, 0.15) is 5.56 Å². The molecule has 0 bridgehead atoms. The van der Waals surface area contributed by atoms with E-state index in [0.29, 0.717) is 12.1 Å². The molecular weight excluding hydrogens is 331 g/mol. The molecule has 0 atom stereocenters. The molecule has 0 heterocycles. The molecule has 0 N–H and O–H groups in total. The van der Waals surface area contributed by atoms with E-state index in [-0.39, 0.29) is 6.07 Å². The van der Waals surface area contributed by atoms with Crippen molar-refractivity contribution in [2.45, 2.75) is 11.1 Å². The maximum absolute atomic E-state index is 13.4. The number of alkyl halides is 3. The van der Waals surface area contributed by atoms with Gasteiger partial charge < -0.3 is 4.18 Å². The highest BCUT2D eigenvalue weighted by atomic mass is 32.2. The predicted molar refractivity (Wildman–Crippen MR) is 65.6 cm³/mol. The SMILES string of the molecule is O=S(=O)(Oc1ccc(F)c(C(F)(F)F)c1)c1ccccc1F. The molecule has 118 valence electrons. The van der Waals surface area contributed by atoms with Crippen molar-refractivity contribution in [3.63, 3.8) is 0 Å². The van der Waals surface area contributed by atoms with Crippen LogP contribution in [0.15, 0.2) is 47.4 Å². The van der Waals surface area contributed by atoms with Gasteiger partial charge in [0.15, 0.2) is 0 Å². The van der Waals surface area contributed by atoms with Crippen LogP contribution in [-0.4, -0.2) is 8.42 Å². The summed E-state index contributed by atoms with van der Waals surface area (Å²) in [4.78, 5) is -0.840. The van der Waals surface area contributed by atoms with Crippen molar-refractivity contribution in [2.24, 2.45) is 0 Å². The fraction of sp³-hybridized carbons (Fsp3) is 0.0769. The summed E-state index contributed by atoms with van der Waals surface area (Å²) in [6, 6.07) is 5.48. The van der Waals surface area contributed by atoms with Crippen LogP contribution in [0.3, 0.4) is 0 Å². The van der Waals surface area contributed by atoms with Gasteiger partial charge in [0, 0.05) is 0 Å². The molecule has 9 heteroatoms. The van der Waals surface area contributed by atoms with Crippen molar-refractivity contribution in [1.29, 1.82) is 0 Å². The number of halogens is 5. The Balaban J connectivity index is 2.41. The lowest BCUT2D eigenvalue weighted by Crippen LogP contribution is -2.13. The van der Waals surface area contributed by atoms with Crippen molar-refractivity contribution in [2.75, 3.05) is 0 Å². The maximum Gasteiger partial charge on any atom is 0.419 e. The first-order valence-electron chi connectivity index (χ1n) is 5.67. The molecule has 0 saturated heterocycles. The zero-order valence-electron chi connectivity index (χ0n) is 10.6. The molecule has 22 heavy (non-hydrogen) atoms. The monoisotopic (exact) mass is 338 g/mol. The van der Waals surface area contributed by atoms with E-state index < -0.39 is 44.1 Å². The second-order valence-electron chi connectivity index (χ2n) is 4.11. The van der Waals surface area contributed by atoms with Crippen LogP contribution in [0.5, 0.6) is 5.75 Å². The quantitative estimate of drug-likeness (QED) is 0.632. The summed E-state index contributed by atoms with van der Waals surface area (Å²) in [7, 11) is -4.68. The highest BCUT2D eigenvalue weighted by molar-refractivity contribution is 7.87. The first-order chi connectivity index (χ1) is 10.1. The highest BCUT2D eigenvalue weighted by Crippen LogP contribution is 2.34. The van der Waals surface area contributed by atoms with Gasteiger partial charge in [0.05, 0.1) is 5.56 Å². The van der Waals surface area contributed by atoms with E-state index in [1.807, 2.05) is 0 Å². The third kappa shape index (κ3) is 3.35. The Hall–Kier alpha value is -2.16. The summed E-state index contributed by atoms with van der Waals surface area (Å²) in [6.45, 7) is 0. The van der Waals surface area contributed by atoms with Crippen molar-refractivity contribution in [3.05, 3.63) is 59.7 Å². The number of hydrogen-bond donors (Lipinski definition) is 0. The second-order valence-corrected chi connectivity index (χ2v) is 5.62. The minimum Gasteiger partial charge on any atom is -0.379 e. The van der Waals surface area contributed by atoms with Crippen LogP contribution in [0, 0.1) is 11.6 Å². The number of benzene rings is 2. The molecule has 2 rings (SSSR count). The molecule has 0 spiro atoms. The van der Waals surface area contributed by atoms with Gasteiger partial charge in [0.25, 0.3) is 0 Å². The van der Waals surface area contributed by atoms with E-state index in [1.54, 1.807) is 0 Å². The van der Waals surface area contributed by atoms with Gasteiger partial charge in [-0.05, 0) is 30.3 Å². The zero-order chi connectivity index (χ0) is 16.5. The zero-order valence-corrected chi connectivity index (χ0v) is 11.4. The molecule has 3 nitrogen and oxygen atoms in total. The molecule has 2 aromatic carbocycles.